The normalized spacial score (nSPS) is 14.2. The second-order valence-electron chi connectivity index (χ2n) is 13.9. The van der Waals surface area contributed by atoms with Crippen LogP contribution in [0, 0.1) is 0 Å². The van der Waals surface area contributed by atoms with E-state index in [0.29, 0.717) is 17.4 Å². The molecule has 0 fully saturated rings. The molecule has 0 aliphatic heterocycles. The third-order valence-corrected chi connectivity index (χ3v) is 8.92. The number of likely N-dealkylation sites (N-methyl/N-ethyl adjacent to an activating group) is 1. The number of esters is 2. The number of phosphoric ester groups is 1. The minimum atomic E-state index is -4.37. The number of unbranched alkanes of at least 4 members (excludes halogenated alkanes) is 14. The molecular weight excluding hydrogens is 641 g/mol. The minimum Gasteiger partial charge on any atom is -0.462 e. The number of carbonyl (C=O) groups is 2. The molecule has 0 spiro atoms. The Morgan fingerprint density at radius 2 is 1.16 bits per heavy atom. The third-order valence-electron chi connectivity index (χ3n) is 7.93. The molecule has 0 radical (unpaired) electrons. The Balaban J connectivity index is 4.46. The number of ether oxygens (including phenoxy) is 2. The maximum absolute atomic E-state index is 12.6. The maximum atomic E-state index is 12.6. The fraction of sp³-hybridized carbons (Fsp3) is 0.795. The molecule has 0 saturated carbocycles. The van der Waals surface area contributed by atoms with Gasteiger partial charge in [0.2, 0.25) is 0 Å². The molecule has 0 heterocycles. The van der Waals surface area contributed by atoms with Crippen LogP contribution < -0.4 is 0 Å². The quantitative estimate of drug-likeness (QED) is 0.0231. The molecule has 2 unspecified atom stereocenters. The molecule has 0 aliphatic rings. The molecule has 0 saturated heterocycles. The fourth-order valence-corrected chi connectivity index (χ4v) is 5.65. The van der Waals surface area contributed by atoms with Crippen LogP contribution in [0.5, 0.6) is 0 Å². The van der Waals surface area contributed by atoms with Crippen molar-refractivity contribution < 1.29 is 42.1 Å². The zero-order chi connectivity index (χ0) is 36.5. The molecule has 2 atom stereocenters. The Morgan fingerprint density at radius 1 is 0.653 bits per heavy atom. The monoisotopic (exact) mass is 715 g/mol. The van der Waals surface area contributed by atoms with Gasteiger partial charge < -0.3 is 18.9 Å². The number of rotatable bonds is 34. The van der Waals surface area contributed by atoms with Crippen molar-refractivity contribution in [2.45, 2.75) is 155 Å². The molecule has 10 heteroatoms. The van der Waals surface area contributed by atoms with Gasteiger partial charge in [0, 0.05) is 12.8 Å². The van der Waals surface area contributed by atoms with E-state index in [2.05, 4.69) is 50.3 Å². The predicted octanol–water partition coefficient (Wildman–Crippen LogP) is 10.2. The smallest absolute Gasteiger partial charge is 0.462 e. The Morgan fingerprint density at radius 3 is 1.73 bits per heavy atom. The van der Waals surface area contributed by atoms with Crippen molar-refractivity contribution in [3.8, 4) is 0 Å². The van der Waals surface area contributed by atoms with Gasteiger partial charge in [0.05, 0.1) is 27.7 Å². The summed E-state index contributed by atoms with van der Waals surface area (Å²) in [5.74, 6) is -0.822. The summed E-state index contributed by atoms with van der Waals surface area (Å²) in [4.78, 5) is 35.1. The SMILES string of the molecule is CC/C=C\C/C=C\C/C=C\CCCCCCCC(=O)OC(COC(=O)CCCCCCCCCCCC)COP(=O)(O)OCC[N+](C)(C)C. The molecule has 0 amide bonds. The number of carbonyl (C=O) groups excluding carboxylic acids is 2. The van der Waals surface area contributed by atoms with Crippen LogP contribution in [-0.4, -0.2) is 74.9 Å². The maximum Gasteiger partial charge on any atom is 0.472 e. The first-order chi connectivity index (χ1) is 23.5. The predicted molar refractivity (Wildman–Crippen MR) is 201 cm³/mol. The Kier molecular flexibility index (Phi) is 31.0. The Hall–Kier alpha value is -1.77. The summed E-state index contributed by atoms with van der Waals surface area (Å²) in [6, 6.07) is 0. The van der Waals surface area contributed by atoms with Crippen LogP contribution in [0.4, 0.5) is 0 Å². The van der Waals surface area contributed by atoms with E-state index in [0.717, 1.165) is 70.6 Å². The minimum absolute atomic E-state index is 0.0282. The summed E-state index contributed by atoms with van der Waals surface area (Å²) < 4.78 is 34.1. The van der Waals surface area contributed by atoms with E-state index in [9.17, 15) is 19.0 Å². The topological polar surface area (TPSA) is 108 Å². The van der Waals surface area contributed by atoms with E-state index in [1.807, 2.05) is 21.1 Å². The van der Waals surface area contributed by atoms with Crippen molar-refractivity contribution in [3.63, 3.8) is 0 Å². The van der Waals surface area contributed by atoms with Gasteiger partial charge in [-0.15, -0.1) is 0 Å². The van der Waals surface area contributed by atoms with Crippen LogP contribution in [0.2, 0.25) is 0 Å². The van der Waals surface area contributed by atoms with Crippen molar-refractivity contribution in [1.82, 2.24) is 0 Å². The van der Waals surface area contributed by atoms with Gasteiger partial charge >= 0.3 is 19.8 Å². The van der Waals surface area contributed by atoms with E-state index >= 15 is 0 Å². The van der Waals surface area contributed by atoms with Crippen LogP contribution in [0.3, 0.4) is 0 Å². The molecule has 49 heavy (non-hydrogen) atoms. The van der Waals surface area contributed by atoms with Crippen molar-refractivity contribution >= 4 is 19.8 Å². The van der Waals surface area contributed by atoms with Gasteiger partial charge in [0.1, 0.15) is 19.8 Å². The summed E-state index contributed by atoms with van der Waals surface area (Å²) in [6.07, 6.45) is 33.3. The average molecular weight is 715 g/mol. The van der Waals surface area contributed by atoms with Crippen molar-refractivity contribution in [2.24, 2.45) is 0 Å². The van der Waals surface area contributed by atoms with E-state index in [1.54, 1.807) is 0 Å². The van der Waals surface area contributed by atoms with Crippen LogP contribution in [0.25, 0.3) is 0 Å². The van der Waals surface area contributed by atoms with Crippen molar-refractivity contribution in [2.75, 3.05) is 47.5 Å². The summed E-state index contributed by atoms with van der Waals surface area (Å²) in [5, 5.41) is 0. The molecule has 0 aromatic carbocycles. The molecule has 1 N–H and O–H groups in total. The Labute approximate surface area is 300 Å². The van der Waals surface area contributed by atoms with Gasteiger partial charge in [-0.1, -0.05) is 127 Å². The highest BCUT2D eigenvalue weighted by Gasteiger charge is 2.27. The standard InChI is InChI=1S/C39H72NO8P/c1-6-8-10-12-14-16-18-19-20-21-22-24-26-28-30-32-39(42)48-37(36-47-49(43,44)46-34-33-40(3,4)5)35-45-38(41)31-29-27-25-23-17-15-13-11-9-7-2/h8,10,14,16,19-20,37H,6-7,9,11-13,15,17-18,21-36H2,1-5H3/p+1/b10-8-,16-14-,20-19-. The number of hydrogen-bond donors (Lipinski definition) is 1. The first-order valence-corrected chi connectivity index (χ1v) is 20.7. The molecule has 0 aromatic heterocycles. The summed E-state index contributed by atoms with van der Waals surface area (Å²) in [6.45, 7) is 4.25. The van der Waals surface area contributed by atoms with E-state index in [1.165, 1.54) is 44.9 Å². The van der Waals surface area contributed by atoms with Gasteiger partial charge in [-0.2, -0.15) is 0 Å². The van der Waals surface area contributed by atoms with Crippen LogP contribution in [0.15, 0.2) is 36.5 Å². The fourth-order valence-electron chi connectivity index (χ4n) is 4.91. The third kappa shape index (κ3) is 35.8. The van der Waals surface area contributed by atoms with Crippen LogP contribution in [0.1, 0.15) is 149 Å². The lowest BCUT2D eigenvalue weighted by molar-refractivity contribution is -0.870. The molecule has 9 nitrogen and oxygen atoms in total. The Bertz CT molecular complexity index is 944. The second-order valence-corrected chi connectivity index (χ2v) is 15.4. The molecular formula is C39H73NO8P+. The van der Waals surface area contributed by atoms with Crippen LogP contribution >= 0.6 is 7.82 Å². The highest BCUT2D eigenvalue weighted by Crippen LogP contribution is 2.43. The number of phosphoric acid groups is 1. The molecule has 0 rings (SSSR count). The van der Waals surface area contributed by atoms with Crippen molar-refractivity contribution in [3.05, 3.63) is 36.5 Å². The molecule has 0 aliphatic carbocycles. The van der Waals surface area contributed by atoms with Gasteiger partial charge in [-0.3, -0.25) is 18.6 Å². The first kappa shape index (κ1) is 47.2. The van der Waals surface area contributed by atoms with Gasteiger partial charge in [0.15, 0.2) is 6.10 Å². The lowest BCUT2D eigenvalue weighted by Crippen LogP contribution is -2.37. The van der Waals surface area contributed by atoms with E-state index < -0.39 is 26.5 Å². The molecule has 0 bridgehead atoms. The van der Waals surface area contributed by atoms with Gasteiger partial charge in [-0.25, -0.2) is 4.57 Å². The number of allylic oxidation sites excluding steroid dienone is 6. The van der Waals surface area contributed by atoms with E-state index in [4.69, 9.17) is 18.5 Å². The van der Waals surface area contributed by atoms with E-state index in [-0.39, 0.29) is 32.0 Å². The highest BCUT2D eigenvalue weighted by molar-refractivity contribution is 7.47. The molecule has 286 valence electrons. The summed E-state index contributed by atoms with van der Waals surface area (Å²) >= 11 is 0. The summed E-state index contributed by atoms with van der Waals surface area (Å²) in [7, 11) is 1.46. The average Bonchev–Trinajstić information content (AvgIpc) is 3.04. The number of quaternary nitrogens is 1. The lowest BCUT2D eigenvalue weighted by Gasteiger charge is -2.24. The number of nitrogens with zero attached hydrogens (tertiary/aromatic N) is 1. The zero-order valence-electron chi connectivity index (χ0n) is 31.9. The van der Waals surface area contributed by atoms with Gasteiger partial charge in [0.25, 0.3) is 0 Å². The van der Waals surface area contributed by atoms with Crippen molar-refractivity contribution in [1.29, 1.82) is 0 Å². The zero-order valence-corrected chi connectivity index (χ0v) is 32.8. The lowest BCUT2D eigenvalue weighted by atomic mass is 10.1. The largest absolute Gasteiger partial charge is 0.472 e. The molecule has 0 aromatic rings. The van der Waals surface area contributed by atoms with Crippen LogP contribution in [-0.2, 0) is 32.7 Å². The number of hydrogen-bond acceptors (Lipinski definition) is 7. The second kappa shape index (κ2) is 32.2. The van der Waals surface area contributed by atoms with Gasteiger partial charge in [-0.05, 0) is 44.9 Å². The highest BCUT2D eigenvalue weighted by atomic mass is 31.2. The first-order valence-electron chi connectivity index (χ1n) is 19.2. The summed E-state index contributed by atoms with van der Waals surface area (Å²) in [5.41, 5.74) is 0.